The molecular formula is C25H41ClO3. The fraction of sp³-hybridized carbons (Fsp3) is 0.960. The van der Waals surface area contributed by atoms with Crippen LogP contribution in [0.3, 0.4) is 0 Å². The van der Waals surface area contributed by atoms with Gasteiger partial charge in [0.15, 0.2) is 0 Å². The molecule has 166 valence electrons. The van der Waals surface area contributed by atoms with Gasteiger partial charge in [-0.2, -0.15) is 0 Å². The van der Waals surface area contributed by atoms with Crippen molar-refractivity contribution in [3.05, 3.63) is 0 Å². The van der Waals surface area contributed by atoms with Gasteiger partial charge >= 0.3 is 5.43 Å². The van der Waals surface area contributed by atoms with Crippen molar-refractivity contribution in [3.8, 4) is 0 Å². The van der Waals surface area contributed by atoms with Crippen LogP contribution in [0.15, 0.2) is 0 Å². The van der Waals surface area contributed by atoms with Gasteiger partial charge in [-0.15, -0.1) is 0 Å². The van der Waals surface area contributed by atoms with E-state index in [9.17, 15) is 9.90 Å². The number of aliphatic hydroxyl groups excluding tert-OH is 1. The minimum atomic E-state index is -0.658. The zero-order valence-corrected chi connectivity index (χ0v) is 19.6. The van der Waals surface area contributed by atoms with Crippen molar-refractivity contribution < 1.29 is 14.6 Å². The first-order valence-electron chi connectivity index (χ1n) is 12.3. The molecule has 0 aromatic heterocycles. The zero-order valence-electron chi connectivity index (χ0n) is 18.8. The van der Waals surface area contributed by atoms with Crippen LogP contribution in [0.1, 0.15) is 91.9 Å². The Bertz CT molecular complexity index is 623. The van der Waals surface area contributed by atoms with Crippen molar-refractivity contribution in [1.82, 2.24) is 0 Å². The summed E-state index contributed by atoms with van der Waals surface area (Å²) in [6.07, 6.45) is 11.4. The Morgan fingerprint density at radius 2 is 1.90 bits per heavy atom. The molecule has 4 heteroatoms. The average Bonchev–Trinajstić information content (AvgIpc) is 3.02. The summed E-state index contributed by atoms with van der Waals surface area (Å²) in [7, 11) is 0. The fourth-order valence-electron chi connectivity index (χ4n) is 9.04. The van der Waals surface area contributed by atoms with E-state index in [0.29, 0.717) is 29.6 Å². The lowest BCUT2D eigenvalue weighted by molar-refractivity contribution is -0.174. The number of carbonyl (C=O) groups is 1. The molecule has 0 aromatic rings. The molecule has 0 aromatic carbocycles. The van der Waals surface area contributed by atoms with Crippen molar-refractivity contribution >= 4 is 17.0 Å². The van der Waals surface area contributed by atoms with Crippen LogP contribution in [0.5, 0.6) is 0 Å². The summed E-state index contributed by atoms with van der Waals surface area (Å²) in [5, 5.41) is 11.6. The lowest BCUT2D eigenvalue weighted by Crippen LogP contribution is -2.58. The second-order valence-corrected chi connectivity index (χ2v) is 11.8. The Morgan fingerprint density at radius 3 is 2.59 bits per heavy atom. The molecule has 3 nitrogen and oxygen atoms in total. The van der Waals surface area contributed by atoms with Crippen LogP contribution in [0.2, 0.25) is 0 Å². The molecule has 0 bridgehead atoms. The number of aliphatic hydroxyl groups is 1. The van der Waals surface area contributed by atoms with Crippen LogP contribution >= 0.6 is 11.6 Å². The summed E-state index contributed by atoms with van der Waals surface area (Å²) >= 11 is 5.49. The Morgan fingerprint density at radius 1 is 1.14 bits per heavy atom. The molecule has 4 unspecified atom stereocenters. The van der Waals surface area contributed by atoms with Gasteiger partial charge in [0, 0.05) is 11.6 Å². The van der Waals surface area contributed by atoms with Crippen LogP contribution in [0.25, 0.3) is 0 Å². The molecule has 0 spiro atoms. The maximum atomic E-state index is 11.6. The first-order valence-corrected chi connectivity index (χ1v) is 12.6. The van der Waals surface area contributed by atoms with Gasteiger partial charge in [-0.3, -0.25) is 0 Å². The van der Waals surface area contributed by atoms with Crippen LogP contribution in [0.4, 0.5) is 4.79 Å². The molecule has 1 N–H and O–H groups in total. The first kappa shape index (κ1) is 21.9. The first-order chi connectivity index (χ1) is 13.7. The Labute approximate surface area is 182 Å². The van der Waals surface area contributed by atoms with Crippen LogP contribution in [0, 0.1) is 46.3 Å². The highest BCUT2D eigenvalue weighted by atomic mass is 35.5. The number of carbonyl (C=O) groups excluding carboxylic acids is 1. The van der Waals surface area contributed by atoms with E-state index in [1.54, 1.807) is 0 Å². The van der Waals surface area contributed by atoms with Gasteiger partial charge in [0.05, 0.1) is 6.10 Å². The molecule has 29 heavy (non-hydrogen) atoms. The number of rotatable bonds is 4. The summed E-state index contributed by atoms with van der Waals surface area (Å²) in [4.78, 5) is 11.2. The topological polar surface area (TPSA) is 46.5 Å². The van der Waals surface area contributed by atoms with Gasteiger partial charge in [0.2, 0.25) is 0 Å². The Kier molecular flexibility index (Phi) is 6.05. The van der Waals surface area contributed by atoms with Crippen molar-refractivity contribution in [3.63, 3.8) is 0 Å². The molecular weight excluding hydrogens is 384 g/mol. The summed E-state index contributed by atoms with van der Waals surface area (Å²) in [5.41, 5.74) is -0.285. The predicted molar refractivity (Wildman–Crippen MR) is 117 cm³/mol. The molecule has 0 aliphatic heterocycles. The van der Waals surface area contributed by atoms with Gasteiger partial charge in [0.1, 0.15) is 6.10 Å². The lowest BCUT2D eigenvalue weighted by atomic mass is 9.43. The highest BCUT2D eigenvalue weighted by molar-refractivity contribution is 6.61. The molecule has 4 aliphatic rings. The molecule has 4 fully saturated rings. The quantitative estimate of drug-likeness (QED) is 0.505. The minimum absolute atomic E-state index is 0.0147. The fourth-order valence-corrected chi connectivity index (χ4v) is 9.16. The summed E-state index contributed by atoms with van der Waals surface area (Å²) < 4.78 is 5.37. The highest BCUT2D eigenvalue weighted by Gasteiger charge is 2.63. The molecule has 4 saturated carbocycles. The third-order valence-corrected chi connectivity index (χ3v) is 10.6. The van der Waals surface area contributed by atoms with E-state index in [1.807, 2.05) is 0 Å². The van der Waals surface area contributed by atoms with E-state index in [2.05, 4.69) is 27.7 Å². The zero-order chi connectivity index (χ0) is 21.0. The molecule has 4 rings (SSSR count). The smallest absolute Gasteiger partial charge is 0.404 e. The van der Waals surface area contributed by atoms with E-state index < -0.39 is 5.43 Å². The standard InChI is InChI=1S/C25H41ClO3/c1-5-6-15(2)19-9-10-20-18-8-7-16-13-17(29-23(26)28)11-12-24(16,3)21(18)14-22(27)25(19,20)4/h15-22,27H,5-14H2,1-4H3/t15?,16-,17-,18?,19-,20?,21?,22+,24+,25-/m1/s1. The Balaban J connectivity index is 1.55. The number of fused-ring (bicyclic) bond motifs is 5. The van der Waals surface area contributed by atoms with Crippen LogP contribution in [-0.4, -0.2) is 22.7 Å². The monoisotopic (exact) mass is 424 g/mol. The van der Waals surface area contributed by atoms with Crippen molar-refractivity contribution in [2.45, 2.75) is 104 Å². The summed E-state index contributed by atoms with van der Waals surface area (Å²) in [6, 6.07) is 0. The van der Waals surface area contributed by atoms with Gasteiger partial charge < -0.3 is 9.84 Å². The largest absolute Gasteiger partial charge is 0.450 e. The van der Waals surface area contributed by atoms with E-state index >= 15 is 0 Å². The molecule has 10 atom stereocenters. The minimum Gasteiger partial charge on any atom is -0.450 e. The van der Waals surface area contributed by atoms with Gasteiger partial charge in [-0.25, -0.2) is 4.79 Å². The van der Waals surface area contributed by atoms with Crippen LogP contribution < -0.4 is 0 Å². The van der Waals surface area contributed by atoms with E-state index in [1.165, 1.54) is 38.5 Å². The molecule has 0 amide bonds. The van der Waals surface area contributed by atoms with Crippen LogP contribution in [-0.2, 0) is 4.74 Å². The maximum absolute atomic E-state index is 11.6. The molecule has 4 aliphatic carbocycles. The van der Waals surface area contributed by atoms with Crippen molar-refractivity contribution in [1.29, 1.82) is 0 Å². The van der Waals surface area contributed by atoms with E-state index in [4.69, 9.17) is 16.3 Å². The normalized spacial score (nSPS) is 50.2. The van der Waals surface area contributed by atoms with Gasteiger partial charge in [0.25, 0.3) is 0 Å². The SMILES string of the molecule is CCCC(C)[C@H]1CCC2C3CC[C@@H]4C[C@H](OC(=O)Cl)CC[C@]4(C)C3C[C@H](O)[C@@]21C. The van der Waals surface area contributed by atoms with Gasteiger partial charge in [-0.1, -0.05) is 40.5 Å². The van der Waals surface area contributed by atoms with Crippen molar-refractivity contribution in [2.24, 2.45) is 46.3 Å². The van der Waals surface area contributed by atoms with E-state index in [0.717, 1.165) is 31.6 Å². The predicted octanol–water partition coefficient (Wildman–Crippen LogP) is 6.80. The Hall–Kier alpha value is -0.280. The highest BCUT2D eigenvalue weighted by Crippen LogP contribution is 2.68. The number of hydrogen-bond acceptors (Lipinski definition) is 3. The van der Waals surface area contributed by atoms with Crippen molar-refractivity contribution in [2.75, 3.05) is 0 Å². The van der Waals surface area contributed by atoms with E-state index in [-0.39, 0.29) is 23.0 Å². The third-order valence-electron chi connectivity index (χ3n) is 10.5. The number of halogens is 1. The lowest BCUT2D eigenvalue weighted by Gasteiger charge is -2.62. The summed E-state index contributed by atoms with van der Waals surface area (Å²) in [5.74, 6) is 4.03. The average molecular weight is 425 g/mol. The molecule has 0 saturated heterocycles. The third kappa shape index (κ3) is 3.47. The number of ether oxygens (including phenoxy) is 1. The molecule has 0 heterocycles. The summed E-state index contributed by atoms with van der Waals surface area (Å²) in [6.45, 7) is 9.64. The number of hydrogen-bond donors (Lipinski definition) is 1. The van der Waals surface area contributed by atoms with Gasteiger partial charge in [-0.05, 0) is 97.7 Å². The second kappa shape index (κ2) is 8.01. The molecule has 0 radical (unpaired) electrons. The second-order valence-electron chi connectivity index (χ2n) is 11.5. The maximum Gasteiger partial charge on any atom is 0.404 e.